The van der Waals surface area contributed by atoms with Crippen molar-refractivity contribution in [3.05, 3.63) is 12.7 Å². The molecule has 0 N–H and O–H groups in total. The third kappa shape index (κ3) is 8.04. The maximum Gasteiger partial charge on any atom is 0.159 e. The molecule has 0 spiro atoms. The predicted molar refractivity (Wildman–Crippen MR) is 57.5 cm³/mol. The van der Waals surface area contributed by atoms with Gasteiger partial charge in [0.05, 0.1) is 0 Å². The highest BCUT2D eigenvalue weighted by Crippen LogP contribution is 2.06. The molecule has 0 amide bonds. The van der Waals surface area contributed by atoms with Crippen molar-refractivity contribution in [2.75, 3.05) is 0 Å². The Bertz CT molecular complexity index is 96.1. The highest BCUT2D eigenvalue weighted by molar-refractivity contribution is 6.54. The first-order chi connectivity index (χ1) is 5.31. The molecule has 0 fully saturated rings. The normalized spacial score (nSPS) is 13.2. The predicted octanol–water partition coefficient (Wildman–Crippen LogP) is 1.38. The smallest absolute Gasteiger partial charge is 0.159 e. The molecule has 11 heavy (non-hydrogen) atoms. The summed E-state index contributed by atoms with van der Waals surface area (Å²) in [7, 11) is 0.241. The third-order valence-corrected chi connectivity index (χ3v) is 6.36. The number of hydrogen-bond acceptors (Lipinski definition) is 1. The molecule has 66 valence electrons. The van der Waals surface area contributed by atoms with Gasteiger partial charge in [-0.05, 0) is 25.4 Å². The summed E-state index contributed by atoms with van der Waals surface area (Å²) < 4.78 is 5.41. The zero-order valence-electron chi connectivity index (χ0n) is 7.81. The molecular formula is C8H20OSi2. The van der Waals surface area contributed by atoms with Gasteiger partial charge in [0, 0.05) is 0 Å². The SMILES string of the molecule is C=CCCCCC[SiH](C)O[SiH3]. The molecule has 0 aromatic carbocycles. The standard InChI is InChI=1S/C8H20OSi2/c1-3-4-5-6-7-8-11(2)9-10/h3,11H,1,4-8H2,2,10H3. The van der Waals surface area contributed by atoms with Crippen LogP contribution in [0.15, 0.2) is 12.7 Å². The summed E-state index contributed by atoms with van der Waals surface area (Å²) in [4.78, 5) is 0. The van der Waals surface area contributed by atoms with Crippen molar-refractivity contribution >= 4 is 19.5 Å². The van der Waals surface area contributed by atoms with Gasteiger partial charge in [0.15, 0.2) is 9.04 Å². The van der Waals surface area contributed by atoms with E-state index in [1.54, 1.807) is 0 Å². The third-order valence-electron chi connectivity index (χ3n) is 1.92. The van der Waals surface area contributed by atoms with Crippen molar-refractivity contribution in [1.29, 1.82) is 0 Å². The van der Waals surface area contributed by atoms with E-state index in [-0.39, 0.29) is 0 Å². The van der Waals surface area contributed by atoms with Crippen molar-refractivity contribution in [3.63, 3.8) is 0 Å². The fraction of sp³-hybridized carbons (Fsp3) is 0.750. The lowest BCUT2D eigenvalue weighted by molar-refractivity contribution is 0.619. The van der Waals surface area contributed by atoms with E-state index < -0.39 is 9.04 Å². The van der Waals surface area contributed by atoms with Gasteiger partial charge in [-0.25, -0.2) is 0 Å². The number of allylic oxidation sites excluding steroid dienone is 1. The molecule has 0 aliphatic rings. The van der Waals surface area contributed by atoms with E-state index >= 15 is 0 Å². The van der Waals surface area contributed by atoms with Crippen LogP contribution in [0.25, 0.3) is 0 Å². The average Bonchev–Trinajstić information content (AvgIpc) is 2.04. The van der Waals surface area contributed by atoms with Crippen LogP contribution in [-0.4, -0.2) is 19.5 Å². The van der Waals surface area contributed by atoms with Gasteiger partial charge in [-0.1, -0.05) is 18.9 Å². The second-order valence-corrected chi connectivity index (χ2v) is 7.06. The molecule has 0 aliphatic heterocycles. The molecule has 0 aromatic heterocycles. The lowest BCUT2D eigenvalue weighted by Crippen LogP contribution is -2.09. The van der Waals surface area contributed by atoms with Gasteiger partial charge in [-0.3, -0.25) is 0 Å². The molecule has 0 bridgehead atoms. The Kier molecular flexibility index (Phi) is 8.33. The van der Waals surface area contributed by atoms with Crippen LogP contribution in [0.1, 0.15) is 25.7 Å². The molecule has 1 atom stereocenters. The Balaban J connectivity index is 2.95. The van der Waals surface area contributed by atoms with E-state index in [0.29, 0.717) is 0 Å². The largest absolute Gasteiger partial charge is 0.466 e. The fourth-order valence-corrected chi connectivity index (χ4v) is 2.82. The Morgan fingerprint density at radius 1 is 1.45 bits per heavy atom. The average molecular weight is 188 g/mol. The van der Waals surface area contributed by atoms with Crippen LogP contribution in [0.2, 0.25) is 12.6 Å². The van der Waals surface area contributed by atoms with E-state index in [1.807, 2.05) is 6.08 Å². The van der Waals surface area contributed by atoms with Crippen LogP contribution in [0.3, 0.4) is 0 Å². The van der Waals surface area contributed by atoms with Crippen molar-refractivity contribution in [2.45, 2.75) is 38.3 Å². The second kappa shape index (κ2) is 8.23. The van der Waals surface area contributed by atoms with E-state index in [2.05, 4.69) is 13.1 Å². The highest BCUT2D eigenvalue weighted by Gasteiger charge is 1.99. The van der Waals surface area contributed by atoms with Crippen LogP contribution < -0.4 is 0 Å². The van der Waals surface area contributed by atoms with Crippen molar-refractivity contribution in [2.24, 2.45) is 0 Å². The second-order valence-electron chi connectivity index (χ2n) is 2.97. The van der Waals surface area contributed by atoms with E-state index in [9.17, 15) is 0 Å². The topological polar surface area (TPSA) is 9.23 Å². The molecule has 1 nitrogen and oxygen atoms in total. The van der Waals surface area contributed by atoms with Crippen LogP contribution in [0.4, 0.5) is 0 Å². The van der Waals surface area contributed by atoms with Gasteiger partial charge in [0.25, 0.3) is 0 Å². The highest BCUT2D eigenvalue weighted by atomic mass is 28.3. The van der Waals surface area contributed by atoms with Crippen LogP contribution in [0, 0.1) is 0 Å². The molecule has 3 heteroatoms. The summed E-state index contributed by atoms with van der Waals surface area (Å²) in [5.41, 5.74) is 0. The van der Waals surface area contributed by atoms with Gasteiger partial charge in [0.2, 0.25) is 0 Å². The fourth-order valence-electron chi connectivity index (χ4n) is 1.02. The number of rotatable bonds is 7. The lowest BCUT2D eigenvalue weighted by Gasteiger charge is -2.06. The van der Waals surface area contributed by atoms with E-state index in [0.717, 1.165) is 10.5 Å². The molecular weight excluding hydrogens is 168 g/mol. The first kappa shape index (κ1) is 11.1. The molecule has 0 aliphatic carbocycles. The summed E-state index contributed by atoms with van der Waals surface area (Å²) in [6.07, 6.45) is 7.21. The summed E-state index contributed by atoms with van der Waals surface area (Å²) in [6, 6.07) is 1.36. The first-order valence-electron chi connectivity index (χ1n) is 4.45. The van der Waals surface area contributed by atoms with Crippen molar-refractivity contribution in [3.8, 4) is 0 Å². The van der Waals surface area contributed by atoms with E-state index in [1.165, 1.54) is 31.7 Å². The molecule has 0 radical (unpaired) electrons. The summed E-state index contributed by atoms with van der Waals surface area (Å²) in [6.45, 7) is 5.99. The lowest BCUT2D eigenvalue weighted by atomic mass is 10.2. The molecule has 0 rings (SSSR count). The molecule has 0 saturated carbocycles. The Morgan fingerprint density at radius 3 is 2.73 bits per heavy atom. The van der Waals surface area contributed by atoms with Gasteiger partial charge in [0.1, 0.15) is 10.5 Å². The van der Waals surface area contributed by atoms with Gasteiger partial charge < -0.3 is 4.12 Å². The minimum absolute atomic E-state index is 0.697. The van der Waals surface area contributed by atoms with Crippen LogP contribution in [0.5, 0.6) is 0 Å². The van der Waals surface area contributed by atoms with Crippen molar-refractivity contribution < 1.29 is 4.12 Å². The van der Waals surface area contributed by atoms with Gasteiger partial charge in [-0.2, -0.15) is 0 Å². The zero-order chi connectivity index (χ0) is 8.53. The summed E-state index contributed by atoms with van der Waals surface area (Å²) in [5, 5.41) is 0. The summed E-state index contributed by atoms with van der Waals surface area (Å²) in [5.74, 6) is 0. The quantitative estimate of drug-likeness (QED) is 0.333. The molecule has 0 saturated heterocycles. The van der Waals surface area contributed by atoms with Crippen LogP contribution in [-0.2, 0) is 4.12 Å². The minimum atomic E-state index is -0.697. The first-order valence-corrected chi connectivity index (χ1v) is 7.71. The maximum atomic E-state index is 5.41. The van der Waals surface area contributed by atoms with Gasteiger partial charge in [-0.15, -0.1) is 6.58 Å². The molecule has 0 aromatic rings. The Labute approximate surface area is 75.1 Å². The molecule has 0 heterocycles. The maximum absolute atomic E-state index is 5.41. The summed E-state index contributed by atoms with van der Waals surface area (Å²) >= 11 is 0. The van der Waals surface area contributed by atoms with E-state index in [4.69, 9.17) is 4.12 Å². The number of unbranched alkanes of at least 4 members (excludes halogenated alkanes) is 3. The Hall–Kier alpha value is 0.134. The Morgan fingerprint density at radius 2 is 2.18 bits per heavy atom. The van der Waals surface area contributed by atoms with Crippen LogP contribution >= 0.6 is 0 Å². The monoisotopic (exact) mass is 188 g/mol. The number of hydrogen-bond donors (Lipinski definition) is 0. The molecule has 1 unspecified atom stereocenters. The zero-order valence-corrected chi connectivity index (χ0v) is 11.0. The van der Waals surface area contributed by atoms with Crippen molar-refractivity contribution in [1.82, 2.24) is 0 Å². The minimum Gasteiger partial charge on any atom is -0.466 e. The van der Waals surface area contributed by atoms with Gasteiger partial charge >= 0.3 is 0 Å².